The van der Waals surface area contributed by atoms with E-state index in [2.05, 4.69) is 15.0 Å². The first-order valence-electron chi connectivity index (χ1n) is 18.1. The first-order valence-corrected chi connectivity index (χ1v) is 21.0. The summed E-state index contributed by atoms with van der Waals surface area (Å²) in [6.45, 7) is 3.89. The van der Waals surface area contributed by atoms with Gasteiger partial charge in [-0.25, -0.2) is 29.3 Å². The molecule has 3 aromatic carbocycles. The fraction of sp³-hybridized carbons (Fsp3) is 0.163. The smallest absolute Gasteiger partial charge is 0.403 e. The molecule has 59 heavy (non-hydrogen) atoms. The fourth-order valence-corrected chi connectivity index (χ4v) is 9.55. The van der Waals surface area contributed by atoms with Crippen molar-refractivity contribution in [3.63, 3.8) is 0 Å². The average Bonchev–Trinajstić information content (AvgIpc) is 3.94. The van der Waals surface area contributed by atoms with E-state index in [4.69, 9.17) is 24.9 Å². The Morgan fingerprint density at radius 2 is 1.27 bits per heavy atom. The summed E-state index contributed by atoms with van der Waals surface area (Å²) in [4.78, 5) is 53.1. The molecule has 0 radical (unpaired) electrons. The largest absolute Gasteiger partial charge is 0.416 e. The first-order chi connectivity index (χ1) is 28.3. The van der Waals surface area contributed by atoms with Gasteiger partial charge in [-0.2, -0.15) is 13.2 Å². The number of aromatic nitrogens is 3. The number of nitrogens with zero attached hydrogens (tertiary/aromatic N) is 3. The third kappa shape index (κ3) is 8.41. The van der Waals surface area contributed by atoms with Crippen LogP contribution in [0, 0.1) is 13.8 Å². The summed E-state index contributed by atoms with van der Waals surface area (Å²) in [5, 5.41) is 3.60. The number of rotatable bonds is 3. The molecule has 0 fully saturated rings. The van der Waals surface area contributed by atoms with Gasteiger partial charge in [-0.15, -0.1) is 34.0 Å². The van der Waals surface area contributed by atoms with E-state index in [1.54, 1.807) is 47.0 Å². The van der Waals surface area contributed by atoms with Gasteiger partial charge in [0.15, 0.2) is 0 Å². The Hall–Kier alpha value is -5.74. The minimum Gasteiger partial charge on any atom is -0.403 e. The molecule has 16 heteroatoms. The van der Waals surface area contributed by atoms with E-state index in [1.165, 1.54) is 51.7 Å². The van der Waals surface area contributed by atoms with Gasteiger partial charge in [-0.3, -0.25) is 0 Å². The predicted octanol–water partition coefficient (Wildman–Crippen LogP) is 11.9. The zero-order valence-corrected chi connectivity index (χ0v) is 34.2. The lowest BCUT2D eigenvalue weighted by atomic mass is 9.97. The Labute approximate surface area is 349 Å². The molecule has 0 atom stereocenters. The average molecular weight is 872 g/mol. The highest BCUT2D eigenvalue weighted by Gasteiger charge is 2.31. The van der Waals surface area contributed by atoms with Crippen LogP contribution in [-0.4, -0.2) is 15.0 Å². The van der Waals surface area contributed by atoms with Crippen LogP contribution in [0.4, 0.5) is 13.2 Å². The number of alkyl halides is 3. The van der Waals surface area contributed by atoms with E-state index in [0.717, 1.165) is 62.6 Å². The molecule has 0 saturated heterocycles. The molecule has 298 valence electrons. The SMILES string of the molecule is Cc1sc2nc(-c3ccc(Cl)cc3)oc(=O)c2c1C.O=c1oc(-c2cccc(C(F)(F)F)c2)nc2ccsc12.O=c1oc(-c2ccccc2)nc2sc3c(c12)CCCC3. The second kappa shape index (κ2) is 16.5. The molecule has 9 nitrogen and oxygen atoms in total. The molecular weight excluding hydrogens is 843 g/mol. The summed E-state index contributed by atoms with van der Waals surface area (Å²) in [7, 11) is 0. The van der Waals surface area contributed by atoms with E-state index in [9.17, 15) is 27.6 Å². The van der Waals surface area contributed by atoms with Gasteiger partial charge in [-0.05, 0) is 117 Å². The topological polar surface area (TPSA) is 129 Å². The second-order valence-corrected chi connectivity index (χ2v) is 17.0. The van der Waals surface area contributed by atoms with Crippen molar-refractivity contribution in [3.8, 4) is 34.4 Å². The van der Waals surface area contributed by atoms with Gasteiger partial charge in [0.1, 0.15) is 25.1 Å². The zero-order chi connectivity index (χ0) is 41.4. The van der Waals surface area contributed by atoms with Crippen LogP contribution in [0.15, 0.2) is 118 Å². The molecule has 9 aromatic rings. The lowest BCUT2D eigenvalue weighted by Crippen LogP contribution is -2.06. The summed E-state index contributed by atoms with van der Waals surface area (Å²) in [6, 6.07) is 22.8. The van der Waals surface area contributed by atoms with Gasteiger partial charge < -0.3 is 13.3 Å². The Morgan fingerprint density at radius 1 is 0.661 bits per heavy atom. The zero-order valence-electron chi connectivity index (χ0n) is 31.0. The number of benzene rings is 3. The van der Waals surface area contributed by atoms with Gasteiger partial charge in [0.2, 0.25) is 17.7 Å². The Balaban J connectivity index is 0.000000123. The predicted molar refractivity (Wildman–Crippen MR) is 227 cm³/mol. The minimum absolute atomic E-state index is 0.116. The maximum Gasteiger partial charge on any atom is 0.416 e. The van der Waals surface area contributed by atoms with Gasteiger partial charge in [0, 0.05) is 31.5 Å². The highest BCUT2D eigenvalue weighted by Crippen LogP contribution is 2.35. The highest BCUT2D eigenvalue weighted by molar-refractivity contribution is 7.19. The third-order valence-corrected chi connectivity index (χ3v) is 12.9. The number of halogens is 4. The molecule has 0 aliphatic heterocycles. The molecule has 0 bridgehead atoms. The molecule has 1 aliphatic rings. The molecule has 0 amide bonds. The summed E-state index contributed by atoms with van der Waals surface area (Å²) < 4.78 is 54.0. The van der Waals surface area contributed by atoms with Crippen molar-refractivity contribution in [2.75, 3.05) is 0 Å². The standard InChI is InChI=1S/C16H13NO2S.C14H10ClNO2S.C13H6F3NO2S/c18-16-13-11-8-4-5-9-12(11)20-15(13)17-14(19-16)10-6-2-1-3-7-10;1-7-8(2)19-13-11(7)14(17)18-12(16-13)9-3-5-10(15)6-4-9;14-13(15,16)8-3-1-2-7(6-8)11-17-9-4-5-20-10(9)12(18)19-11/h1-3,6-7H,4-5,8-9H2;3-6H,1-2H3;1-6H. The van der Waals surface area contributed by atoms with Crippen LogP contribution < -0.4 is 16.9 Å². The van der Waals surface area contributed by atoms with Crippen molar-refractivity contribution >= 4 is 76.3 Å². The molecule has 6 aromatic heterocycles. The van der Waals surface area contributed by atoms with E-state index in [-0.39, 0.29) is 22.7 Å². The molecule has 0 N–H and O–H groups in total. The number of thiophene rings is 3. The van der Waals surface area contributed by atoms with Crippen molar-refractivity contribution in [1.29, 1.82) is 0 Å². The first kappa shape index (κ1) is 40.1. The van der Waals surface area contributed by atoms with Gasteiger partial charge in [0.05, 0.1) is 11.1 Å². The maximum atomic E-state index is 12.7. The fourth-order valence-electron chi connectivity index (χ4n) is 6.46. The van der Waals surface area contributed by atoms with Crippen LogP contribution in [0.2, 0.25) is 5.02 Å². The molecule has 0 saturated carbocycles. The summed E-state index contributed by atoms with van der Waals surface area (Å²) >= 11 is 10.2. The Kier molecular flexibility index (Phi) is 11.2. The lowest BCUT2D eigenvalue weighted by Gasteiger charge is -2.09. The minimum atomic E-state index is -4.46. The normalized spacial score (nSPS) is 12.5. The van der Waals surface area contributed by atoms with Crippen molar-refractivity contribution in [1.82, 2.24) is 15.0 Å². The summed E-state index contributed by atoms with van der Waals surface area (Å²) in [5.41, 5.74) is 2.25. The van der Waals surface area contributed by atoms with Crippen molar-refractivity contribution < 1.29 is 26.4 Å². The number of aryl methyl sites for hydroxylation is 4. The Bertz CT molecular complexity index is 3170. The summed E-state index contributed by atoms with van der Waals surface area (Å²) in [6.07, 6.45) is -0.0544. The van der Waals surface area contributed by atoms with E-state index >= 15 is 0 Å². The van der Waals surface area contributed by atoms with Crippen LogP contribution in [-0.2, 0) is 19.0 Å². The molecule has 1 aliphatic carbocycles. The monoisotopic (exact) mass is 871 g/mol. The lowest BCUT2D eigenvalue weighted by molar-refractivity contribution is -0.137. The molecule has 0 unspecified atom stereocenters. The van der Waals surface area contributed by atoms with Crippen molar-refractivity contribution in [3.05, 3.63) is 153 Å². The third-order valence-electron chi connectivity index (χ3n) is 9.50. The van der Waals surface area contributed by atoms with E-state index in [1.807, 2.05) is 44.2 Å². The number of fused-ring (bicyclic) bond motifs is 5. The van der Waals surface area contributed by atoms with Crippen LogP contribution in [0.5, 0.6) is 0 Å². The van der Waals surface area contributed by atoms with Crippen LogP contribution in [0.3, 0.4) is 0 Å². The number of hydrogen-bond donors (Lipinski definition) is 0. The van der Waals surface area contributed by atoms with E-state index < -0.39 is 17.4 Å². The Morgan fingerprint density at radius 3 is 1.98 bits per heavy atom. The molecular formula is C43H29ClF3N3O6S3. The maximum absolute atomic E-state index is 12.7. The van der Waals surface area contributed by atoms with Gasteiger partial charge in [-0.1, -0.05) is 35.9 Å². The molecule has 6 heterocycles. The van der Waals surface area contributed by atoms with Crippen molar-refractivity contribution in [2.45, 2.75) is 45.7 Å². The molecule has 10 rings (SSSR count). The van der Waals surface area contributed by atoms with Gasteiger partial charge in [0.25, 0.3) is 0 Å². The summed E-state index contributed by atoms with van der Waals surface area (Å²) in [5.74, 6) is 0.629. The van der Waals surface area contributed by atoms with Gasteiger partial charge >= 0.3 is 23.1 Å². The van der Waals surface area contributed by atoms with Crippen LogP contribution in [0.1, 0.15) is 39.3 Å². The number of hydrogen-bond acceptors (Lipinski definition) is 12. The van der Waals surface area contributed by atoms with Crippen molar-refractivity contribution in [2.24, 2.45) is 0 Å². The van der Waals surface area contributed by atoms with Crippen LogP contribution >= 0.6 is 45.6 Å². The second-order valence-electron chi connectivity index (χ2n) is 13.4. The quantitative estimate of drug-likeness (QED) is 0.170. The molecule has 0 spiro atoms. The van der Waals surface area contributed by atoms with Crippen LogP contribution in [0.25, 0.3) is 65.0 Å². The highest BCUT2D eigenvalue weighted by atomic mass is 35.5. The van der Waals surface area contributed by atoms with E-state index in [0.29, 0.717) is 37.8 Å².